The van der Waals surface area contributed by atoms with Crippen LogP contribution in [0.5, 0.6) is 5.75 Å². The monoisotopic (exact) mass is 277 g/mol. The van der Waals surface area contributed by atoms with Crippen LogP contribution in [0.3, 0.4) is 0 Å². The highest BCUT2D eigenvalue weighted by atomic mass is 32.2. The summed E-state index contributed by atoms with van der Waals surface area (Å²) in [5.41, 5.74) is 7.61. The number of ether oxygens (including phenoxy) is 1. The second-order valence-electron chi connectivity index (χ2n) is 4.77. The Balaban J connectivity index is 2.67. The second kappa shape index (κ2) is 8.90. The summed E-state index contributed by atoms with van der Waals surface area (Å²) in [6, 6.07) is 6.06. The van der Waals surface area contributed by atoms with E-state index in [1.54, 1.807) is 7.11 Å². The molecule has 0 radical (unpaired) electrons. The summed E-state index contributed by atoms with van der Waals surface area (Å²) in [6.45, 7) is 4.90. The van der Waals surface area contributed by atoms with Crippen LogP contribution in [0.15, 0.2) is 18.2 Å². The summed E-state index contributed by atoms with van der Waals surface area (Å²) in [7, 11) is 1.71. The van der Waals surface area contributed by atoms with Crippen molar-refractivity contribution in [2.75, 3.05) is 19.4 Å². The highest BCUT2D eigenvalue weighted by Crippen LogP contribution is 2.25. The molecule has 0 aliphatic carbocycles. The van der Waals surface area contributed by atoms with Crippen molar-refractivity contribution in [3.8, 4) is 17.6 Å². The molecule has 2 N–H and O–H groups in total. The zero-order valence-electron chi connectivity index (χ0n) is 12.0. The Hall–Kier alpha value is -1.11. The van der Waals surface area contributed by atoms with Gasteiger partial charge in [-0.2, -0.15) is 11.8 Å². The number of methoxy groups -OCH3 is 1. The van der Waals surface area contributed by atoms with E-state index < -0.39 is 0 Å². The van der Waals surface area contributed by atoms with Gasteiger partial charge in [0.1, 0.15) is 5.75 Å². The summed E-state index contributed by atoms with van der Waals surface area (Å²) in [4.78, 5) is 0. The maximum atomic E-state index is 5.40. The van der Waals surface area contributed by atoms with Crippen molar-refractivity contribution < 1.29 is 4.74 Å². The van der Waals surface area contributed by atoms with Crippen LogP contribution in [0.2, 0.25) is 0 Å². The second-order valence-corrected chi connectivity index (χ2v) is 5.87. The smallest absolute Gasteiger partial charge is 0.122 e. The fraction of sp³-hybridized carbons (Fsp3) is 0.500. The summed E-state index contributed by atoms with van der Waals surface area (Å²) in [6.07, 6.45) is 1.25. The van der Waals surface area contributed by atoms with Gasteiger partial charge < -0.3 is 10.5 Å². The molecule has 0 unspecified atom stereocenters. The third-order valence-corrected chi connectivity index (χ3v) is 3.75. The van der Waals surface area contributed by atoms with Crippen LogP contribution in [-0.2, 0) is 5.75 Å². The summed E-state index contributed by atoms with van der Waals surface area (Å²) in [5, 5.41) is 0. The predicted octanol–water partition coefficient (Wildman–Crippen LogP) is 3.28. The van der Waals surface area contributed by atoms with Crippen molar-refractivity contribution >= 4 is 11.8 Å². The van der Waals surface area contributed by atoms with Crippen molar-refractivity contribution in [2.45, 2.75) is 26.0 Å². The normalized spacial score (nSPS) is 10.2. The van der Waals surface area contributed by atoms with Crippen LogP contribution < -0.4 is 10.5 Å². The Morgan fingerprint density at radius 2 is 2.16 bits per heavy atom. The van der Waals surface area contributed by atoms with Crippen LogP contribution >= 0.6 is 11.8 Å². The maximum Gasteiger partial charge on any atom is 0.122 e. The zero-order valence-corrected chi connectivity index (χ0v) is 12.8. The van der Waals surface area contributed by atoms with Gasteiger partial charge in [0.15, 0.2) is 0 Å². The van der Waals surface area contributed by atoms with E-state index in [2.05, 4.69) is 31.8 Å². The van der Waals surface area contributed by atoms with Crippen LogP contribution in [0, 0.1) is 17.8 Å². The minimum atomic E-state index is 0.393. The Kier molecular flexibility index (Phi) is 7.47. The van der Waals surface area contributed by atoms with Gasteiger partial charge >= 0.3 is 0 Å². The van der Waals surface area contributed by atoms with E-state index in [1.807, 2.05) is 23.9 Å². The molecular weight excluding hydrogens is 254 g/mol. The fourth-order valence-corrected chi connectivity index (χ4v) is 2.85. The molecule has 0 fully saturated rings. The molecule has 1 aromatic carbocycles. The Morgan fingerprint density at radius 3 is 2.79 bits per heavy atom. The third kappa shape index (κ3) is 6.04. The number of nitrogens with two attached hydrogens (primary N) is 1. The van der Waals surface area contributed by atoms with Crippen molar-refractivity contribution in [3.05, 3.63) is 29.3 Å². The summed E-state index contributed by atoms with van der Waals surface area (Å²) in [5.74, 6) is 9.79. The van der Waals surface area contributed by atoms with E-state index >= 15 is 0 Å². The first kappa shape index (κ1) is 15.9. The van der Waals surface area contributed by atoms with Crippen molar-refractivity contribution in [1.29, 1.82) is 0 Å². The molecule has 0 saturated heterocycles. The lowest BCUT2D eigenvalue weighted by Gasteiger charge is -2.09. The van der Waals surface area contributed by atoms with E-state index in [4.69, 9.17) is 10.5 Å². The molecule has 104 valence electrons. The molecule has 0 spiro atoms. The number of hydrogen-bond donors (Lipinski definition) is 1. The van der Waals surface area contributed by atoms with E-state index in [0.717, 1.165) is 23.0 Å². The Bertz CT molecular complexity index is 446. The number of thioether (sulfide) groups is 1. The molecule has 0 atom stereocenters. The molecule has 0 aliphatic heterocycles. The van der Waals surface area contributed by atoms with Gasteiger partial charge in [-0.15, -0.1) is 0 Å². The van der Waals surface area contributed by atoms with Crippen LogP contribution in [0.1, 0.15) is 31.4 Å². The van der Waals surface area contributed by atoms with E-state index in [-0.39, 0.29) is 0 Å². The number of rotatable bonds is 6. The summed E-state index contributed by atoms with van der Waals surface area (Å²) >= 11 is 1.94. The fourth-order valence-electron chi connectivity index (χ4n) is 1.62. The van der Waals surface area contributed by atoms with Gasteiger partial charge in [-0.3, -0.25) is 0 Å². The minimum Gasteiger partial charge on any atom is -0.496 e. The van der Waals surface area contributed by atoms with E-state index in [0.29, 0.717) is 6.54 Å². The first-order valence-corrected chi connectivity index (χ1v) is 7.76. The lowest BCUT2D eigenvalue weighted by atomic mass is 10.1. The van der Waals surface area contributed by atoms with Crippen LogP contribution in [-0.4, -0.2) is 19.4 Å². The zero-order chi connectivity index (χ0) is 14.1. The SMILES string of the molecule is COc1ccc(C#CCN)cc1CSCCC(C)C. The molecule has 0 amide bonds. The first-order valence-electron chi connectivity index (χ1n) is 6.61. The lowest BCUT2D eigenvalue weighted by Crippen LogP contribution is -1.95. The average molecular weight is 277 g/mol. The van der Waals surface area contributed by atoms with Gasteiger partial charge in [0.05, 0.1) is 13.7 Å². The standard InChI is InChI=1S/C16H23NOS/c1-13(2)8-10-19-12-15-11-14(5-4-9-17)6-7-16(15)18-3/h6-7,11,13H,8-10,12,17H2,1-3H3. The van der Waals surface area contributed by atoms with Crippen molar-refractivity contribution in [2.24, 2.45) is 11.7 Å². The molecule has 2 nitrogen and oxygen atoms in total. The summed E-state index contributed by atoms with van der Waals surface area (Å²) < 4.78 is 5.40. The Morgan fingerprint density at radius 1 is 1.37 bits per heavy atom. The molecule has 0 aliphatic rings. The molecule has 19 heavy (non-hydrogen) atoms. The Labute approximate surface area is 121 Å². The molecule has 0 heterocycles. The van der Waals surface area contributed by atoms with Crippen LogP contribution in [0.25, 0.3) is 0 Å². The topological polar surface area (TPSA) is 35.2 Å². The lowest BCUT2D eigenvalue weighted by molar-refractivity contribution is 0.411. The van der Waals surface area contributed by atoms with Gasteiger partial charge in [0, 0.05) is 16.9 Å². The first-order chi connectivity index (χ1) is 9.17. The molecule has 1 aromatic rings. The number of hydrogen-bond acceptors (Lipinski definition) is 3. The maximum absolute atomic E-state index is 5.40. The highest BCUT2D eigenvalue weighted by Gasteiger charge is 2.04. The van der Waals surface area contributed by atoms with Gasteiger partial charge in [-0.1, -0.05) is 25.7 Å². The van der Waals surface area contributed by atoms with Gasteiger partial charge in [0.2, 0.25) is 0 Å². The predicted molar refractivity (Wildman–Crippen MR) is 84.5 cm³/mol. The van der Waals surface area contributed by atoms with Gasteiger partial charge in [0.25, 0.3) is 0 Å². The quantitative estimate of drug-likeness (QED) is 0.640. The van der Waals surface area contributed by atoms with Gasteiger partial charge in [-0.05, 0) is 36.3 Å². The van der Waals surface area contributed by atoms with Crippen LogP contribution in [0.4, 0.5) is 0 Å². The van der Waals surface area contributed by atoms with Gasteiger partial charge in [-0.25, -0.2) is 0 Å². The molecule has 0 bridgehead atoms. The average Bonchev–Trinajstić information content (AvgIpc) is 2.41. The molecule has 3 heteroatoms. The molecule has 0 aromatic heterocycles. The largest absolute Gasteiger partial charge is 0.496 e. The number of benzene rings is 1. The minimum absolute atomic E-state index is 0.393. The third-order valence-electron chi connectivity index (χ3n) is 2.71. The van der Waals surface area contributed by atoms with Crippen molar-refractivity contribution in [1.82, 2.24) is 0 Å². The molecular formula is C16H23NOS. The highest BCUT2D eigenvalue weighted by molar-refractivity contribution is 7.98. The molecule has 0 saturated carbocycles. The molecule has 1 rings (SSSR count). The van der Waals surface area contributed by atoms with E-state index in [1.165, 1.54) is 17.7 Å². The van der Waals surface area contributed by atoms with E-state index in [9.17, 15) is 0 Å². The van der Waals surface area contributed by atoms with Crippen molar-refractivity contribution in [3.63, 3.8) is 0 Å².